The van der Waals surface area contributed by atoms with E-state index in [4.69, 9.17) is 4.74 Å². The van der Waals surface area contributed by atoms with Crippen LogP contribution in [0.15, 0.2) is 18.3 Å². The lowest BCUT2D eigenvalue weighted by molar-refractivity contribution is 0.0987. The maximum atomic E-state index is 11.4. The van der Waals surface area contributed by atoms with Crippen LogP contribution in [0.1, 0.15) is 55.8 Å². The summed E-state index contributed by atoms with van der Waals surface area (Å²) in [5.41, 5.74) is 0.670. The number of Topliss-reactive ketones (excluding diaryl/α,β-unsaturated/α-hetero) is 1. The molecule has 0 radical (unpaired) electrons. The summed E-state index contributed by atoms with van der Waals surface area (Å²) in [6.07, 6.45) is 8.50. The fraction of sp³-hybridized carbons (Fsp3) is 0.571. The molecular weight excluding hydrogens is 214 g/mol. The molecule has 1 aromatic rings. The van der Waals surface area contributed by atoms with Crippen LogP contribution >= 0.6 is 0 Å². The molecule has 1 heterocycles. The highest BCUT2D eigenvalue weighted by Gasteiger charge is 2.15. The third-order valence-electron chi connectivity index (χ3n) is 3.22. The molecular formula is C14H19NO2. The van der Waals surface area contributed by atoms with E-state index in [9.17, 15) is 4.79 Å². The van der Waals surface area contributed by atoms with Gasteiger partial charge in [0.05, 0.1) is 0 Å². The van der Waals surface area contributed by atoms with Crippen LogP contribution in [0, 0.1) is 0 Å². The molecule has 3 heteroatoms. The fourth-order valence-corrected chi connectivity index (χ4v) is 2.17. The van der Waals surface area contributed by atoms with Gasteiger partial charge in [0.2, 0.25) is 5.88 Å². The Labute approximate surface area is 102 Å². The van der Waals surface area contributed by atoms with E-state index >= 15 is 0 Å². The number of rotatable bonds is 4. The van der Waals surface area contributed by atoms with Gasteiger partial charge in [-0.15, -0.1) is 0 Å². The topological polar surface area (TPSA) is 39.2 Å². The van der Waals surface area contributed by atoms with Crippen LogP contribution in [0.2, 0.25) is 0 Å². The maximum Gasteiger partial charge on any atom is 0.213 e. The lowest BCUT2D eigenvalue weighted by Crippen LogP contribution is -2.20. The molecule has 1 aliphatic rings. The average molecular weight is 233 g/mol. The van der Waals surface area contributed by atoms with Gasteiger partial charge >= 0.3 is 0 Å². The second kappa shape index (κ2) is 5.80. The van der Waals surface area contributed by atoms with Gasteiger partial charge in [0.25, 0.3) is 0 Å². The highest BCUT2D eigenvalue weighted by atomic mass is 16.5. The van der Waals surface area contributed by atoms with Gasteiger partial charge in [-0.2, -0.15) is 0 Å². The highest BCUT2D eigenvalue weighted by molar-refractivity contribution is 5.95. The van der Waals surface area contributed by atoms with Crippen molar-refractivity contribution in [1.29, 1.82) is 0 Å². The lowest BCUT2D eigenvalue weighted by atomic mass is 9.98. The first-order valence-corrected chi connectivity index (χ1v) is 6.45. The molecule has 1 aromatic heterocycles. The van der Waals surface area contributed by atoms with Crippen LogP contribution in [0.5, 0.6) is 5.88 Å². The van der Waals surface area contributed by atoms with E-state index in [1.807, 2.05) is 6.92 Å². The van der Waals surface area contributed by atoms with Gasteiger partial charge < -0.3 is 4.74 Å². The summed E-state index contributed by atoms with van der Waals surface area (Å²) < 4.78 is 5.80. The number of hydrogen-bond donors (Lipinski definition) is 0. The molecule has 0 aliphatic heterocycles. The van der Waals surface area contributed by atoms with Gasteiger partial charge in [-0.1, -0.05) is 13.3 Å². The molecule has 1 saturated carbocycles. The van der Waals surface area contributed by atoms with Crippen molar-refractivity contribution in [3.05, 3.63) is 23.9 Å². The molecule has 2 rings (SSSR count). The molecule has 17 heavy (non-hydrogen) atoms. The number of nitrogens with zero attached hydrogens (tertiary/aromatic N) is 1. The second-order valence-electron chi connectivity index (χ2n) is 4.54. The molecule has 1 fully saturated rings. The molecule has 0 saturated heterocycles. The van der Waals surface area contributed by atoms with Crippen molar-refractivity contribution >= 4 is 5.78 Å². The van der Waals surface area contributed by atoms with Crippen LogP contribution in [0.4, 0.5) is 0 Å². The van der Waals surface area contributed by atoms with Crippen LogP contribution in [-0.4, -0.2) is 16.9 Å². The Morgan fingerprint density at radius 1 is 1.35 bits per heavy atom. The quantitative estimate of drug-likeness (QED) is 0.748. The zero-order chi connectivity index (χ0) is 12.1. The van der Waals surface area contributed by atoms with Gasteiger partial charge in [-0.3, -0.25) is 4.79 Å². The Bertz CT molecular complexity index is 366. The minimum atomic E-state index is 0.127. The van der Waals surface area contributed by atoms with Crippen molar-refractivity contribution < 1.29 is 9.53 Å². The zero-order valence-corrected chi connectivity index (χ0v) is 10.3. The van der Waals surface area contributed by atoms with Crippen molar-refractivity contribution in [3.8, 4) is 5.88 Å². The Balaban J connectivity index is 1.95. The molecule has 0 spiro atoms. The van der Waals surface area contributed by atoms with Crippen molar-refractivity contribution in [1.82, 2.24) is 4.98 Å². The third kappa shape index (κ3) is 3.29. The molecule has 0 bridgehead atoms. The number of hydrogen-bond acceptors (Lipinski definition) is 3. The number of ether oxygens (including phenoxy) is 1. The normalized spacial score (nSPS) is 16.8. The molecule has 1 aliphatic carbocycles. The summed E-state index contributed by atoms with van der Waals surface area (Å²) in [4.78, 5) is 15.6. The fourth-order valence-electron chi connectivity index (χ4n) is 2.17. The molecule has 0 N–H and O–H groups in total. The van der Waals surface area contributed by atoms with Crippen molar-refractivity contribution in [2.45, 2.75) is 51.6 Å². The Kier molecular flexibility index (Phi) is 4.13. The number of carbonyl (C=O) groups excluding carboxylic acids is 1. The highest BCUT2D eigenvalue weighted by Crippen LogP contribution is 2.22. The number of aromatic nitrogens is 1. The molecule has 0 unspecified atom stereocenters. The second-order valence-corrected chi connectivity index (χ2v) is 4.54. The SMILES string of the molecule is CCC(=O)c1ccc(OC2CCCCC2)nc1. The first kappa shape index (κ1) is 12.1. The van der Waals surface area contributed by atoms with Gasteiger partial charge in [0, 0.05) is 24.2 Å². The lowest BCUT2D eigenvalue weighted by Gasteiger charge is -2.22. The summed E-state index contributed by atoms with van der Waals surface area (Å²) >= 11 is 0. The van der Waals surface area contributed by atoms with E-state index in [0.29, 0.717) is 24.0 Å². The predicted octanol–water partition coefficient (Wildman–Crippen LogP) is 3.39. The maximum absolute atomic E-state index is 11.4. The van der Waals surface area contributed by atoms with Gasteiger partial charge in [-0.25, -0.2) is 4.98 Å². The van der Waals surface area contributed by atoms with Crippen LogP contribution in [0.3, 0.4) is 0 Å². The summed E-state index contributed by atoms with van der Waals surface area (Å²) in [5, 5.41) is 0. The smallest absolute Gasteiger partial charge is 0.213 e. The molecule has 92 valence electrons. The summed E-state index contributed by atoms with van der Waals surface area (Å²) in [6.45, 7) is 1.86. The van der Waals surface area contributed by atoms with Crippen LogP contribution < -0.4 is 4.74 Å². The van der Waals surface area contributed by atoms with Gasteiger partial charge in [-0.05, 0) is 31.7 Å². The summed E-state index contributed by atoms with van der Waals surface area (Å²) in [6, 6.07) is 3.61. The third-order valence-corrected chi connectivity index (χ3v) is 3.22. The Morgan fingerprint density at radius 2 is 2.12 bits per heavy atom. The predicted molar refractivity (Wildman–Crippen MR) is 66.4 cm³/mol. The first-order chi connectivity index (χ1) is 8.29. The van der Waals surface area contributed by atoms with Crippen LogP contribution in [-0.2, 0) is 0 Å². The Morgan fingerprint density at radius 3 is 2.71 bits per heavy atom. The van der Waals surface area contributed by atoms with E-state index < -0.39 is 0 Å². The van der Waals surface area contributed by atoms with Crippen molar-refractivity contribution in [2.75, 3.05) is 0 Å². The number of ketones is 1. The van der Waals surface area contributed by atoms with E-state index in [0.717, 1.165) is 12.8 Å². The zero-order valence-electron chi connectivity index (χ0n) is 10.3. The van der Waals surface area contributed by atoms with Gasteiger partial charge in [0.15, 0.2) is 5.78 Å². The van der Waals surface area contributed by atoms with E-state index in [-0.39, 0.29) is 5.78 Å². The molecule has 3 nitrogen and oxygen atoms in total. The minimum Gasteiger partial charge on any atom is -0.474 e. The standard InChI is InChI=1S/C14H19NO2/c1-2-13(16)11-8-9-14(15-10-11)17-12-6-4-3-5-7-12/h8-10,12H,2-7H2,1H3. The monoisotopic (exact) mass is 233 g/mol. The van der Waals surface area contributed by atoms with E-state index in [1.54, 1.807) is 18.3 Å². The first-order valence-electron chi connectivity index (χ1n) is 6.45. The van der Waals surface area contributed by atoms with Crippen molar-refractivity contribution in [2.24, 2.45) is 0 Å². The molecule has 0 atom stereocenters. The minimum absolute atomic E-state index is 0.127. The number of pyridine rings is 1. The largest absolute Gasteiger partial charge is 0.474 e. The van der Waals surface area contributed by atoms with E-state index in [2.05, 4.69) is 4.98 Å². The van der Waals surface area contributed by atoms with E-state index in [1.165, 1.54) is 19.3 Å². The average Bonchev–Trinajstić information content (AvgIpc) is 2.40. The van der Waals surface area contributed by atoms with Crippen molar-refractivity contribution in [3.63, 3.8) is 0 Å². The van der Waals surface area contributed by atoms with Crippen LogP contribution in [0.25, 0.3) is 0 Å². The summed E-state index contributed by atoms with van der Waals surface area (Å²) in [5.74, 6) is 0.770. The molecule has 0 amide bonds. The summed E-state index contributed by atoms with van der Waals surface area (Å²) in [7, 11) is 0. The molecule has 0 aromatic carbocycles. The van der Waals surface area contributed by atoms with Gasteiger partial charge in [0.1, 0.15) is 6.10 Å². The number of carbonyl (C=O) groups is 1. The Hall–Kier alpha value is -1.38.